The van der Waals surface area contributed by atoms with E-state index in [-0.39, 0.29) is 11.0 Å². The topological polar surface area (TPSA) is 104 Å². The predicted octanol–water partition coefficient (Wildman–Crippen LogP) is -0.000200. The van der Waals surface area contributed by atoms with Crippen LogP contribution in [0.3, 0.4) is 0 Å². The average molecular weight is 281 g/mol. The van der Waals surface area contributed by atoms with Crippen molar-refractivity contribution >= 4 is 5.91 Å². The smallest absolute Gasteiger partial charge is 0.325 e. The molecule has 1 aliphatic carbocycles. The minimum atomic E-state index is -0.682. The van der Waals surface area contributed by atoms with Gasteiger partial charge in [0, 0.05) is 25.3 Å². The Kier molecular flexibility index (Phi) is 4.39. The van der Waals surface area contributed by atoms with Crippen molar-refractivity contribution in [3.05, 3.63) is 32.6 Å². The van der Waals surface area contributed by atoms with Crippen LogP contribution in [0.2, 0.25) is 0 Å². The Morgan fingerprint density at radius 2 is 2.10 bits per heavy atom. The van der Waals surface area contributed by atoms with Crippen LogP contribution in [0.25, 0.3) is 0 Å². The van der Waals surface area contributed by atoms with Crippen LogP contribution in [0, 0.1) is 5.41 Å². The molecule has 7 nitrogen and oxygen atoms in total. The van der Waals surface area contributed by atoms with Crippen LogP contribution >= 0.6 is 0 Å². The van der Waals surface area contributed by atoms with Crippen LogP contribution in [-0.2, 0) is 4.74 Å². The molecule has 7 heteroatoms. The van der Waals surface area contributed by atoms with Gasteiger partial charge in [0.05, 0.1) is 6.61 Å². The van der Waals surface area contributed by atoms with Gasteiger partial charge in [-0.15, -0.1) is 0 Å². The maximum atomic E-state index is 12.0. The van der Waals surface area contributed by atoms with Gasteiger partial charge in [0.2, 0.25) is 0 Å². The quantitative estimate of drug-likeness (QED) is 0.706. The van der Waals surface area contributed by atoms with Gasteiger partial charge in [0.25, 0.3) is 11.5 Å². The summed E-state index contributed by atoms with van der Waals surface area (Å²) in [5.41, 5.74) is -1.44. The fourth-order valence-corrected chi connectivity index (χ4v) is 2.74. The second kappa shape index (κ2) is 6.04. The fourth-order valence-electron chi connectivity index (χ4n) is 2.74. The molecule has 3 N–H and O–H groups in total. The third kappa shape index (κ3) is 3.16. The van der Waals surface area contributed by atoms with Crippen molar-refractivity contribution in [3.63, 3.8) is 0 Å². The van der Waals surface area contributed by atoms with E-state index in [4.69, 9.17) is 4.74 Å². The molecule has 0 aromatic carbocycles. The Morgan fingerprint density at radius 3 is 2.70 bits per heavy atom. The number of aromatic amines is 2. The van der Waals surface area contributed by atoms with Gasteiger partial charge in [-0.2, -0.15) is 0 Å². The highest BCUT2D eigenvalue weighted by Gasteiger charge is 2.34. The van der Waals surface area contributed by atoms with E-state index in [1.165, 1.54) is 0 Å². The molecule has 1 saturated carbocycles. The molecule has 20 heavy (non-hydrogen) atoms. The number of methoxy groups -OCH3 is 1. The number of hydrogen-bond acceptors (Lipinski definition) is 4. The Labute approximate surface area is 115 Å². The van der Waals surface area contributed by atoms with Gasteiger partial charge < -0.3 is 15.0 Å². The van der Waals surface area contributed by atoms with Crippen LogP contribution in [0.1, 0.15) is 36.0 Å². The molecule has 0 bridgehead atoms. The Bertz CT molecular complexity index is 584. The number of carbonyl (C=O) groups excluding carboxylic acids is 1. The number of rotatable bonds is 5. The van der Waals surface area contributed by atoms with Gasteiger partial charge in [0.1, 0.15) is 5.56 Å². The van der Waals surface area contributed by atoms with Gasteiger partial charge >= 0.3 is 5.69 Å². The van der Waals surface area contributed by atoms with Crippen molar-refractivity contribution in [1.29, 1.82) is 0 Å². The molecule has 0 unspecified atom stereocenters. The zero-order valence-corrected chi connectivity index (χ0v) is 11.5. The van der Waals surface area contributed by atoms with E-state index >= 15 is 0 Å². The van der Waals surface area contributed by atoms with Crippen LogP contribution in [0.4, 0.5) is 0 Å². The summed E-state index contributed by atoms with van der Waals surface area (Å²) >= 11 is 0. The number of amides is 1. The molecule has 1 heterocycles. The summed E-state index contributed by atoms with van der Waals surface area (Å²) in [4.78, 5) is 38.7. The monoisotopic (exact) mass is 281 g/mol. The van der Waals surface area contributed by atoms with Crippen LogP contribution in [0.15, 0.2) is 15.8 Å². The largest absolute Gasteiger partial charge is 0.384 e. The van der Waals surface area contributed by atoms with Crippen LogP contribution in [-0.4, -0.2) is 36.1 Å². The molecule has 1 aromatic heterocycles. The minimum Gasteiger partial charge on any atom is -0.384 e. The van der Waals surface area contributed by atoms with Crippen LogP contribution in [0.5, 0.6) is 0 Å². The lowest BCUT2D eigenvalue weighted by molar-refractivity contribution is 0.0740. The second-order valence-electron chi connectivity index (χ2n) is 5.31. The zero-order valence-electron chi connectivity index (χ0n) is 11.5. The summed E-state index contributed by atoms with van der Waals surface area (Å²) < 4.78 is 5.24. The molecule has 2 rings (SSSR count). The maximum Gasteiger partial charge on any atom is 0.325 e. The van der Waals surface area contributed by atoms with Crippen molar-refractivity contribution in [2.24, 2.45) is 5.41 Å². The normalized spacial score (nSPS) is 17.1. The Morgan fingerprint density at radius 1 is 1.40 bits per heavy atom. The van der Waals surface area contributed by atoms with Crippen molar-refractivity contribution in [3.8, 4) is 0 Å². The molecule has 0 saturated heterocycles. The number of ether oxygens (including phenoxy) is 1. The van der Waals surface area contributed by atoms with Crippen molar-refractivity contribution < 1.29 is 9.53 Å². The summed E-state index contributed by atoms with van der Waals surface area (Å²) in [6, 6.07) is 0. The summed E-state index contributed by atoms with van der Waals surface area (Å²) in [7, 11) is 1.65. The number of carbonyl (C=O) groups is 1. The third-order valence-corrected chi connectivity index (χ3v) is 3.80. The minimum absolute atomic E-state index is 0.0423. The lowest BCUT2D eigenvalue weighted by Crippen LogP contribution is -2.41. The van der Waals surface area contributed by atoms with Gasteiger partial charge in [0.15, 0.2) is 0 Å². The summed E-state index contributed by atoms with van der Waals surface area (Å²) in [6.07, 6.45) is 5.39. The van der Waals surface area contributed by atoms with Crippen molar-refractivity contribution in [2.45, 2.75) is 25.7 Å². The van der Waals surface area contributed by atoms with Crippen molar-refractivity contribution in [2.75, 3.05) is 20.3 Å². The second-order valence-corrected chi connectivity index (χ2v) is 5.31. The predicted molar refractivity (Wildman–Crippen MR) is 72.8 cm³/mol. The molecule has 0 aliphatic heterocycles. The fraction of sp³-hybridized carbons (Fsp3) is 0.615. The first-order valence-corrected chi connectivity index (χ1v) is 6.65. The molecule has 0 spiro atoms. The molecule has 110 valence electrons. The van der Waals surface area contributed by atoms with E-state index in [2.05, 4.69) is 10.3 Å². The maximum absolute atomic E-state index is 12.0. The summed E-state index contributed by atoms with van der Waals surface area (Å²) in [5.74, 6) is -0.482. The van der Waals surface area contributed by atoms with Gasteiger partial charge in [-0.3, -0.25) is 14.6 Å². The Hall–Kier alpha value is -1.89. The van der Waals surface area contributed by atoms with E-state index < -0.39 is 17.2 Å². The lowest BCUT2D eigenvalue weighted by Gasteiger charge is -2.28. The standard InChI is InChI=1S/C13H19N3O4/c1-20-8-13(4-2-3-5-13)7-15-10(17)9-6-14-12(19)16-11(9)18/h6H,2-5,7-8H2,1H3,(H,15,17)(H2,14,16,18,19). The first-order chi connectivity index (χ1) is 9.56. The Balaban J connectivity index is 2.04. The number of aromatic nitrogens is 2. The number of H-pyrrole nitrogens is 2. The molecular weight excluding hydrogens is 262 g/mol. The molecule has 0 atom stereocenters. The molecule has 1 fully saturated rings. The van der Waals surface area contributed by atoms with E-state index in [0.29, 0.717) is 13.2 Å². The highest BCUT2D eigenvalue weighted by Crippen LogP contribution is 2.37. The summed E-state index contributed by atoms with van der Waals surface area (Å²) in [6.45, 7) is 1.06. The SMILES string of the molecule is COCC1(CNC(=O)c2c[nH]c(=O)[nH]c2=O)CCCC1. The van der Waals surface area contributed by atoms with Gasteiger partial charge in [-0.05, 0) is 12.8 Å². The average Bonchev–Trinajstić information content (AvgIpc) is 2.85. The van der Waals surface area contributed by atoms with Gasteiger partial charge in [-0.25, -0.2) is 4.79 Å². The molecule has 1 aromatic rings. The third-order valence-electron chi connectivity index (χ3n) is 3.80. The van der Waals surface area contributed by atoms with Crippen LogP contribution < -0.4 is 16.6 Å². The van der Waals surface area contributed by atoms with E-state index in [1.54, 1.807) is 7.11 Å². The molecule has 0 radical (unpaired) electrons. The number of hydrogen-bond donors (Lipinski definition) is 3. The van der Waals surface area contributed by atoms with E-state index in [1.807, 2.05) is 4.98 Å². The highest BCUT2D eigenvalue weighted by molar-refractivity contribution is 5.93. The lowest BCUT2D eigenvalue weighted by atomic mass is 9.87. The first kappa shape index (κ1) is 14.5. The summed E-state index contributed by atoms with van der Waals surface area (Å²) in [5, 5.41) is 2.77. The van der Waals surface area contributed by atoms with E-state index in [9.17, 15) is 14.4 Å². The van der Waals surface area contributed by atoms with Gasteiger partial charge in [-0.1, -0.05) is 12.8 Å². The first-order valence-electron chi connectivity index (χ1n) is 6.65. The molecule has 1 amide bonds. The van der Waals surface area contributed by atoms with Crippen molar-refractivity contribution in [1.82, 2.24) is 15.3 Å². The highest BCUT2D eigenvalue weighted by atomic mass is 16.5. The molecular formula is C13H19N3O4. The zero-order chi connectivity index (χ0) is 14.6. The molecule has 1 aliphatic rings. The van der Waals surface area contributed by atoms with E-state index in [0.717, 1.165) is 31.9 Å². The number of nitrogens with one attached hydrogen (secondary N) is 3.